The topological polar surface area (TPSA) is 121 Å². The van der Waals surface area contributed by atoms with Crippen LogP contribution in [0.5, 0.6) is 0 Å². The smallest absolute Gasteiger partial charge is 0.0599 e. The third-order valence-electron chi connectivity index (χ3n) is 4.30. The van der Waals surface area contributed by atoms with Crippen LogP contribution in [0.25, 0.3) is 0 Å². The number of rotatable bonds is 16. The highest BCUT2D eigenvalue weighted by Crippen LogP contribution is 2.16. The first-order chi connectivity index (χ1) is 11.8. The van der Waals surface area contributed by atoms with Crippen LogP contribution in [-0.4, -0.2) is 67.3 Å². The molecule has 0 bridgehead atoms. The lowest BCUT2D eigenvalue weighted by molar-refractivity contribution is -0.00103. The molecule has 0 aliphatic rings. The van der Waals surface area contributed by atoms with Gasteiger partial charge in [0.1, 0.15) is 0 Å². The Morgan fingerprint density at radius 3 is 1.44 bits per heavy atom. The highest BCUT2D eigenvalue weighted by Gasteiger charge is 2.21. The largest absolute Gasteiger partial charge is 0.393 e. The molecule has 25 heavy (non-hydrogen) atoms. The molecule has 6 heteroatoms. The fourth-order valence-electron chi connectivity index (χ4n) is 2.99. The molecular weight excluding hydrogens is 324 g/mol. The molecule has 0 saturated heterocycles. The lowest BCUT2D eigenvalue weighted by Gasteiger charge is -2.22. The maximum atomic E-state index is 9.95. The summed E-state index contributed by atoms with van der Waals surface area (Å²) < 4.78 is 0. The molecule has 0 radical (unpaired) electrons. The van der Waals surface area contributed by atoms with E-state index in [1.807, 2.05) is 0 Å². The van der Waals surface area contributed by atoms with Crippen molar-refractivity contribution in [2.24, 2.45) is 0 Å². The second-order valence-corrected chi connectivity index (χ2v) is 7.12. The number of unbranched alkanes of at least 4 members (excludes halogenated alkanes) is 2. The Hall–Kier alpha value is -0.500. The monoisotopic (exact) mass is 362 g/mol. The average Bonchev–Trinajstić information content (AvgIpc) is 2.46. The molecule has 0 aromatic carbocycles. The molecular formula is C19H38O6. The summed E-state index contributed by atoms with van der Waals surface area (Å²) in [6.07, 6.45) is 1.39. The Bertz CT molecular complexity index is 325. The van der Waals surface area contributed by atoms with Crippen LogP contribution in [0.4, 0.5) is 0 Å². The Morgan fingerprint density at radius 2 is 1.04 bits per heavy atom. The standard InChI is InChI=1S/C19H38O6/c1-3-5-6-8-15(21)10-17(23)12-19(25)13-18(24)11-16(22)9-14(20)7-4-2/h4,14-25H,2-3,5-13H2,1H3. The SMILES string of the molecule is C=CCC(O)CC(O)CC(O)CC(O)CC(O)CC(O)CCCCC. The maximum Gasteiger partial charge on any atom is 0.0599 e. The molecule has 6 nitrogen and oxygen atoms in total. The van der Waals surface area contributed by atoms with E-state index in [4.69, 9.17) is 0 Å². The minimum absolute atomic E-state index is 0.0393. The Morgan fingerprint density at radius 1 is 0.640 bits per heavy atom. The van der Waals surface area contributed by atoms with Crippen LogP contribution in [0.3, 0.4) is 0 Å². The zero-order valence-electron chi connectivity index (χ0n) is 15.5. The minimum atomic E-state index is -0.914. The molecule has 150 valence electrons. The Balaban J connectivity index is 3.98. The molecule has 6 atom stereocenters. The van der Waals surface area contributed by atoms with Gasteiger partial charge < -0.3 is 30.6 Å². The Kier molecular flexibility index (Phi) is 14.4. The number of aliphatic hydroxyl groups is 6. The molecule has 6 N–H and O–H groups in total. The molecule has 0 aromatic heterocycles. The van der Waals surface area contributed by atoms with Crippen molar-refractivity contribution in [3.63, 3.8) is 0 Å². The number of hydrogen-bond acceptors (Lipinski definition) is 6. The van der Waals surface area contributed by atoms with Crippen molar-refractivity contribution >= 4 is 0 Å². The normalized spacial score (nSPS) is 19.0. The van der Waals surface area contributed by atoms with Gasteiger partial charge in [0.25, 0.3) is 0 Å². The van der Waals surface area contributed by atoms with Gasteiger partial charge in [-0.25, -0.2) is 0 Å². The van der Waals surface area contributed by atoms with Crippen LogP contribution >= 0.6 is 0 Å². The van der Waals surface area contributed by atoms with Crippen molar-refractivity contribution in [3.8, 4) is 0 Å². The van der Waals surface area contributed by atoms with Crippen LogP contribution in [0.1, 0.15) is 71.1 Å². The molecule has 0 aliphatic heterocycles. The highest BCUT2D eigenvalue weighted by atomic mass is 16.3. The van der Waals surface area contributed by atoms with Gasteiger partial charge in [0.2, 0.25) is 0 Å². The summed E-state index contributed by atoms with van der Waals surface area (Å²) in [5.41, 5.74) is 0. The van der Waals surface area contributed by atoms with E-state index in [0.717, 1.165) is 19.3 Å². The van der Waals surface area contributed by atoms with E-state index in [-0.39, 0.29) is 32.1 Å². The molecule has 0 aliphatic carbocycles. The fourth-order valence-corrected chi connectivity index (χ4v) is 2.99. The molecule has 6 unspecified atom stereocenters. The summed E-state index contributed by atoms with van der Waals surface area (Å²) in [4.78, 5) is 0. The van der Waals surface area contributed by atoms with Crippen molar-refractivity contribution in [2.45, 2.75) is 108 Å². The lowest BCUT2D eigenvalue weighted by Crippen LogP contribution is -2.28. The summed E-state index contributed by atoms with van der Waals surface area (Å²) >= 11 is 0. The molecule has 0 amide bonds. The van der Waals surface area contributed by atoms with E-state index in [9.17, 15) is 30.6 Å². The van der Waals surface area contributed by atoms with Gasteiger partial charge in [-0.15, -0.1) is 6.58 Å². The van der Waals surface area contributed by atoms with E-state index < -0.39 is 36.6 Å². The Labute approximate surface area is 151 Å². The van der Waals surface area contributed by atoms with Crippen molar-refractivity contribution in [1.29, 1.82) is 0 Å². The van der Waals surface area contributed by atoms with Crippen LogP contribution < -0.4 is 0 Å². The third kappa shape index (κ3) is 14.4. The van der Waals surface area contributed by atoms with Crippen LogP contribution in [0.2, 0.25) is 0 Å². The number of aliphatic hydroxyl groups excluding tert-OH is 6. The summed E-state index contributed by atoms with van der Waals surface area (Å²) in [6.45, 7) is 5.59. The number of hydrogen-bond donors (Lipinski definition) is 6. The summed E-state index contributed by atoms with van der Waals surface area (Å²) in [5, 5.41) is 59.0. The van der Waals surface area contributed by atoms with Crippen molar-refractivity contribution in [2.75, 3.05) is 0 Å². The van der Waals surface area contributed by atoms with E-state index in [1.54, 1.807) is 6.08 Å². The minimum Gasteiger partial charge on any atom is -0.393 e. The zero-order valence-corrected chi connectivity index (χ0v) is 15.5. The van der Waals surface area contributed by atoms with Crippen molar-refractivity contribution in [1.82, 2.24) is 0 Å². The molecule has 0 fully saturated rings. The summed E-state index contributed by atoms with van der Waals surface area (Å²) in [6, 6.07) is 0. The van der Waals surface area contributed by atoms with Crippen LogP contribution in [0.15, 0.2) is 12.7 Å². The summed E-state index contributed by atoms with van der Waals surface area (Å²) in [5.74, 6) is 0. The van der Waals surface area contributed by atoms with Gasteiger partial charge in [0, 0.05) is 0 Å². The highest BCUT2D eigenvalue weighted by molar-refractivity contribution is 4.77. The molecule has 0 saturated carbocycles. The molecule has 0 aromatic rings. The van der Waals surface area contributed by atoms with E-state index in [0.29, 0.717) is 12.8 Å². The molecule has 0 rings (SSSR count). The third-order valence-corrected chi connectivity index (χ3v) is 4.30. The van der Waals surface area contributed by atoms with E-state index >= 15 is 0 Å². The zero-order chi connectivity index (χ0) is 19.2. The van der Waals surface area contributed by atoms with Gasteiger partial charge in [-0.3, -0.25) is 0 Å². The summed E-state index contributed by atoms with van der Waals surface area (Å²) in [7, 11) is 0. The second kappa shape index (κ2) is 14.6. The van der Waals surface area contributed by atoms with E-state index in [2.05, 4.69) is 13.5 Å². The second-order valence-electron chi connectivity index (χ2n) is 7.12. The quantitative estimate of drug-likeness (QED) is 0.182. The first kappa shape index (κ1) is 24.5. The van der Waals surface area contributed by atoms with Gasteiger partial charge in [0.15, 0.2) is 0 Å². The van der Waals surface area contributed by atoms with Crippen molar-refractivity contribution < 1.29 is 30.6 Å². The maximum absolute atomic E-state index is 9.95. The van der Waals surface area contributed by atoms with Gasteiger partial charge in [-0.05, 0) is 44.9 Å². The van der Waals surface area contributed by atoms with E-state index in [1.165, 1.54) is 0 Å². The van der Waals surface area contributed by atoms with Gasteiger partial charge in [-0.2, -0.15) is 0 Å². The first-order valence-electron chi connectivity index (χ1n) is 9.47. The molecule has 0 spiro atoms. The predicted molar refractivity (Wildman–Crippen MR) is 98.1 cm³/mol. The van der Waals surface area contributed by atoms with Crippen molar-refractivity contribution in [3.05, 3.63) is 12.7 Å². The first-order valence-corrected chi connectivity index (χ1v) is 9.47. The molecule has 0 heterocycles. The van der Waals surface area contributed by atoms with Crippen LogP contribution in [0, 0.1) is 0 Å². The van der Waals surface area contributed by atoms with Crippen LogP contribution in [-0.2, 0) is 0 Å². The predicted octanol–water partition coefficient (Wildman–Crippen LogP) is 1.26. The lowest BCUT2D eigenvalue weighted by atomic mass is 9.96. The van der Waals surface area contributed by atoms with Gasteiger partial charge >= 0.3 is 0 Å². The van der Waals surface area contributed by atoms with Gasteiger partial charge in [0.05, 0.1) is 36.6 Å². The fraction of sp³-hybridized carbons (Fsp3) is 0.895. The van der Waals surface area contributed by atoms with Gasteiger partial charge in [-0.1, -0.05) is 32.3 Å². The average molecular weight is 363 g/mol.